The highest BCUT2D eigenvalue weighted by molar-refractivity contribution is 7.89. The number of sulfonamides is 1. The van der Waals surface area contributed by atoms with Gasteiger partial charge in [0.2, 0.25) is 21.7 Å². The number of para-hydroxylation sites is 1. The second-order valence-corrected chi connectivity index (χ2v) is 7.99. The molecule has 0 aliphatic carbocycles. The third kappa shape index (κ3) is 6.90. The van der Waals surface area contributed by atoms with Crippen LogP contribution in [0.25, 0.3) is 0 Å². The van der Waals surface area contributed by atoms with Gasteiger partial charge in [0, 0.05) is 19.5 Å². The first-order chi connectivity index (χ1) is 14.4. The molecule has 30 heavy (non-hydrogen) atoms. The van der Waals surface area contributed by atoms with Gasteiger partial charge >= 0.3 is 0 Å². The summed E-state index contributed by atoms with van der Waals surface area (Å²) in [7, 11) is -0.682. The second kappa shape index (κ2) is 11.4. The van der Waals surface area contributed by atoms with Gasteiger partial charge in [-0.05, 0) is 24.3 Å². The lowest BCUT2D eigenvalue weighted by Gasteiger charge is -2.17. The predicted octanol–water partition coefficient (Wildman–Crippen LogP) is 0.928. The van der Waals surface area contributed by atoms with Gasteiger partial charge in [-0.3, -0.25) is 4.79 Å². The molecule has 0 saturated heterocycles. The first kappa shape index (κ1) is 23.5. The Morgan fingerprint density at radius 1 is 1.03 bits per heavy atom. The molecule has 0 radical (unpaired) electrons. The fourth-order valence-electron chi connectivity index (χ4n) is 2.50. The van der Waals surface area contributed by atoms with E-state index in [2.05, 4.69) is 10.0 Å². The van der Waals surface area contributed by atoms with Crippen LogP contribution in [0, 0.1) is 0 Å². The Hall–Kier alpha value is -2.82. The van der Waals surface area contributed by atoms with Gasteiger partial charge < -0.3 is 24.6 Å². The van der Waals surface area contributed by atoms with Crippen LogP contribution < -0.4 is 24.2 Å². The highest BCUT2D eigenvalue weighted by atomic mass is 32.2. The number of carbonyl (C=O) groups excluding carboxylic acids is 1. The van der Waals surface area contributed by atoms with Gasteiger partial charge in [-0.15, -0.1) is 0 Å². The van der Waals surface area contributed by atoms with Gasteiger partial charge in [-0.2, -0.15) is 0 Å². The summed E-state index contributed by atoms with van der Waals surface area (Å²) in [5.74, 6) is 0.857. The molecule has 0 fully saturated rings. The van der Waals surface area contributed by atoms with E-state index in [9.17, 15) is 18.3 Å². The van der Waals surface area contributed by atoms with E-state index >= 15 is 0 Å². The van der Waals surface area contributed by atoms with Crippen LogP contribution in [-0.4, -0.2) is 59.5 Å². The van der Waals surface area contributed by atoms with Crippen molar-refractivity contribution in [2.45, 2.75) is 17.4 Å². The predicted molar refractivity (Wildman–Crippen MR) is 110 cm³/mol. The van der Waals surface area contributed by atoms with Gasteiger partial charge in [-0.25, -0.2) is 13.1 Å². The molecule has 0 aliphatic heterocycles. The number of benzene rings is 2. The second-order valence-electron chi connectivity index (χ2n) is 6.22. The van der Waals surface area contributed by atoms with Crippen molar-refractivity contribution in [2.75, 3.05) is 33.9 Å². The van der Waals surface area contributed by atoms with E-state index in [-0.39, 0.29) is 31.0 Å². The molecule has 2 aromatic carbocycles. The average molecular weight is 439 g/mol. The zero-order chi connectivity index (χ0) is 22.0. The minimum Gasteiger partial charge on any atom is -0.493 e. The molecule has 0 spiro atoms. The molecule has 9 nitrogen and oxygen atoms in total. The van der Waals surface area contributed by atoms with Gasteiger partial charge in [0.15, 0.2) is 11.5 Å². The number of aliphatic hydroxyl groups is 1. The Kier molecular flexibility index (Phi) is 8.90. The van der Waals surface area contributed by atoms with Crippen LogP contribution in [0.2, 0.25) is 0 Å². The van der Waals surface area contributed by atoms with E-state index < -0.39 is 22.0 Å². The van der Waals surface area contributed by atoms with E-state index in [0.29, 0.717) is 17.2 Å². The van der Waals surface area contributed by atoms with Crippen molar-refractivity contribution in [2.24, 2.45) is 0 Å². The van der Waals surface area contributed by atoms with Crippen molar-refractivity contribution in [3.8, 4) is 17.2 Å². The Morgan fingerprint density at radius 2 is 1.67 bits per heavy atom. The molecule has 0 bridgehead atoms. The van der Waals surface area contributed by atoms with Gasteiger partial charge in [0.25, 0.3) is 0 Å². The number of rotatable bonds is 12. The summed E-state index contributed by atoms with van der Waals surface area (Å²) in [6.07, 6.45) is -1.05. The highest BCUT2D eigenvalue weighted by Crippen LogP contribution is 2.36. The fraction of sp³-hybridized carbons (Fsp3) is 0.350. The zero-order valence-electron chi connectivity index (χ0n) is 16.8. The van der Waals surface area contributed by atoms with Crippen LogP contribution in [0.4, 0.5) is 0 Å². The number of amides is 1. The fourth-order valence-corrected chi connectivity index (χ4v) is 3.55. The molecule has 0 aliphatic rings. The molecule has 1 unspecified atom stereocenters. The largest absolute Gasteiger partial charge is 0.493 e. The molecule has 1 amide bonds. The Labute approximate surface area is 176 Å². The molecular weight excluding hydrogens is 412 g/mol. The molecule has 10 heteroatoms. The van der Waals surface area contributed by atoms with Crippen LogP contribution in [0.3, 0.4) is 0 Å². The maximum atomic E-state index is 12.1. The molecular formula is C20H26N2O7S. The lowest BCUT2D eigenvalue weighted by atomic mass is 10.3. The maximum Gasteiger partial charge on any atom is 0.240 e. The van der Waals surface area contributed by atoms with Gasteiger partial charge in [0.1, 0.15) is 12.7 Å². The normalized spacial score (nSPS) is 12.1. The van der Waals surface area contributed by atoms with E-state index in [1.54, 1.807) is 36.4 Å². The third-order valence-electron chi connectivity index (χ3n) is 4.04. The number of hydrogen-bond acceptors (Lipinski definition) is 7. The van der Waals surface area contributed by atoms with Crippen molar-refractivity contribution in [3.63, 3.8) is 0 Å². The van der Waals surface area contributed by atoms with E-state index in [0.717, 1.165) is 0 Å². The van der Waals surface area contributed by atoms with E-state index in [1.165, 1.54) is 26.4 Å². The number of methoxy groups -OCH3 is 2. The van der Waals surface area contributed by atoms with Crippen LogP contribution in [0.1, 0.15) is 6.42 Å². The van der Waals surface area contributed by atoms with E-state index in [4.69, 9.17) is 14.2 Å². The number of hydrogen-bond donors (Lipinski definition) is 3. The topological polar surface area (TPSA) is 123 Å². The highest BCUT2D eigenvalue weighted by Gasteiger charge is 2.16. The summed E-state index contributed by atoms with van der Waals surface area (Å²) in [4.78, 5) is 12.0. The summed E-state index contributed by atoms with van der Waals surface area (Å²) >= 11 is 0. The van der Waals surface area contributed by atoms with Crippen molar-refractivity contribution in [1.82, 2.24) is 10.0 Å². The summed E-state index contributed by atoms with van der Waals surface area (Å²) in [5.41, 5.74) is 0. The maximum absolute atomic E-state index is 12.1. The van der Waals surface area contributed by atoms with Gasteiger partial charge in [-0.1, -0.05) is 24.3 Å². The SMILES string of the molecule is COc1cccc(OC)c1OCC(O)CNC(=O)CCNS(=O)(=O)c1ccccc1. The van der Waals surface area contributed by atoms with Crippen molar-refractivity contribution in [3.05, 3.63) is 48.5 Å². The number of aliphatic hydroxyl groups excluding tert-OH is 1. The molecule has 0 saturated carbocycles. The van der Waals surface area contributed by atoms with Crippen molar-refractivity contribution in [1.29, 1.82) is 0 Å². The third-order valence-corrected chi connectivity index (χ3v) is 5.51. The summed E-state index contributed by atoms with van der Waals surface area (Å²) in [5, 5.41) is 12.6. The summed E-state index contributed by atoms with van der Waals surface area (Å²) in [6.45, 7) is -0.215. The molecule has 3 N–H and O–H groups in total. The quantitative estimate of drug-likeness (QED) is 0.450. The number of ether oxygens (including phenoxy) is 3. The van der Waals surface area contributed by atoms with Crippen LogP contribution >= 0.6 is 0 Å². The lowest BCUT2D eigenvalue weighted by Crippen LogP contribution is -2.37. The first-order valence-corrected chi connectivity index (χ1v) is 10.7. The minimum absolute atomic E-state index is 0.0538. The number of nitrogens with one attached hydrogen (secondary N) is 2. The Bertz CT molecular complexity index is 898. The zero-order valence-corrected chi connectivity index (χ0v) is 17.6. The molecule has 2 aromatic rings. The van der Waals surface area contributed by atoms with E-state index in [1.807, 2.05) is 0 Å². The molecule has 0 heterocycles. The Balaban J connectivity index is 1.74. The lowest BCUT2D eigenvalue weighted by molar-refractivity contribution is -0.121. The van der Waals surface area contributed by atoms with Crippen molar-refractivity contribution < 1.29 is 32.5 Å². The standard InChI is InChI=1S/C20H26N2O7S/c1-27-17-9-6-10-18(28-2)20(17)29-14-15(23)13-21-19(24)11-12-22-30(25,26)16-7-4-3-5-8-16/h3-10,15,22-23H,11-14H2,1-2H3,(H,21,24). The monoisotopic (exact) mass is 438 g/mol. The smallest absolute Gasteiger partial charge is 0.240 e. The number of carbonyl (C=O) groups is 1. The molecule has 0 aromatic heterocycles. The molecule has 1 atom stereocenters. The van der Waals surface area contributed by atoms with Crippen LogP contribution in [-0.2, 0) is 14.8 Å². The molecule has 2 rings (SSSR count). The first-order valence-electron chi connectivity index (χ1n) is 9.20. The summed E-state index contributed by atoms with van der Waals surface area (Å²) < 4.78 is 42.5. The molecule has 164 valence electrons. The summed E-state index contributed by atoms with van der Waals surface area (Å²) in [6, 6.07) is 13.0. The van der Waals surface area contributed by atoms with Crippen molar-refractivity contribution >= 4 is 15.9 Å². The van der Waals surface area contributed by atoms with Crippen LogP contribution in [0.5, 0.6) is 17.2 Å². The van der Waals surface area contributed by atoms with Crippen LogP contribution in [0.15, 0.2) is 53.4 Å². The Morgan fingerprint density at radius 3 is 2.27 bits per heavy atom. The average Bonchev–Trinajstić information content (AvgIpc) is 2.76. The minimum atomic E-state index is -3.66. The van der Waals surface area contributed by atoms with Gasteiger partial charge in [0.05, 0.1) is 19.1 Å².